The first-order chi connectivity index (χ1) is 15.3. The van der Waals surface area contributed by atoms with Crippen molar-refractivity contribution in [2.24, 2.45) is 0 Å². The van der Waals surface area contributed by atoms with Crippen molar-refractivity contribution in [1.29, 1.82) is 0 Å². The number of methoxy groups -OCH3 is 1. The second-order valence-electron chi connectivity index (χ2n) is 7.41. The van der Waals surface area contributed by atoms with E-state index >= 15 is 0 Å². The minimum atomic E-state index is -3.67. The Balaban J connectivity index is 1.53. The fraction of sp³-hybridized carbons (Fsp3) is 0.318. The van der Waals surface area contributed by atoms with Gasteiger partial charge >= 0.3 is 0 Å². The molecular formula is C22H26N4O5S. The fourth-order valence-corrected chi connectivity index (χ4v) is 4.46. The second-order valence-corrected chi connectivity index (χ2v) is 9.13. The summed E-state index contributed by atoms with van der Waals surface area (Å²) in [5.74, 6) is -0.228. The summed E-state index contributed by atoms with van der Waals surface area (Å²) in [7, 11) is -2.17. The number of nitrogens with zero attached hydrogens (tertiary/aromatic N) is 2. The van der Waals surface area contributed by atoms with Gasteiger partial charge in [-0.15, -0.1) is 0 Å². The number of rotatable bonds is 10. The summed E-state index contributed by atoms with van der Waals surface area (Å²) in [5, 5.41) is 3.28. The van der Waals surface area contributed by atoms with Crippen LogP contribution in [0.15, 0.2) is 64.5 Å². The maximum atomic E-state index is 12.5. The van der Waals surface area contributed by atoms with Gasteiger partial charge in [0, 0.05) is 31.8 Å². The average molecular weight is 459 g/mol. The molecule has 1 atom stereocenters. The summed E-state index contributed by atoms with van der Waals surface area (Å²) in [6, 6.07) is 12.7. The van der Waals surface area contributed by atoms with E-state index in [9.17, 15) is 18.0 Å². The molecule has 0 bridgehead atoms. The molecule has 9 nitrogen and oxygen atoms in total. The number of para-hydroxylation sites is 1. The van der Waals surface area contributed by atoms with E-state index in [1.165, 1.54) is 42.3 Å². The van der Waals surface area contributed by atoms with E-state index in [1.807, 2.05) is 6.07 Å². The Morgan fingerprint density at radius 3 is 2.59 bits per heavy atom. The Morgan fingerprint density at radius 2 is 1.88 bits per heavy atom. The zero-order valence-electron chi connectivity index (χ0n) is 17.9. The molecule has 0 saturated carbocycles. The van der Waals surface area contributed by atoms with Crippen molar-refractivity contribution in [3.63, 3.8) is 0 Å². The maximum Gasteiger partial charge on any atom is 0.261 e. The summed E-state index contributed by atoms with van der Waals surface area (Å²) >= 11 is 0. The number of hydrogen-bond acceptors (Lipinski definition) is 6. The summed E-state index contributed by atoms with van der Waals surface area (Å²) < 4.78 is 33.6. The molecule has 1 aromatic heterocycles. The topological polar surface area (TPSA) is 119 Å². The lowest BCUT2D eigenvalue weighted by atomic mass is 10.2. The molecule has 3 aromatic rings. The first kappa shape index (κ1) is 23.6. The predicted molar refractivity (Wildman–Crippen MR) is 122 cm³/mol. The number of aromatic nitrogens is 2. The van der Waals surface area contributed by atoms with Crippen molar-refractivity contribution in [3.05, 3.63) is 65.2 Å². The number of hydrogen-bond donors (Lipinski definition) is 2. The van der Waals surface area contributed by atoms with Gasteiger partial charge in [-0.05, 0) is 49.7 Å². The van der Waals surface area contributed by atoms with E-state index in [4.69, 9.17) is 4.74 Å². The van der Waals surface area contributed by atoms with Crippen LogP contribution in [-0.4, -0.2) is 43.6 Å². The maximum absolute atomic E-state index is 12.5. The molecule has 0 spiro atoms. The minimum Gasteiger partial charge on any atom is -0.383 e. The molecule has 0 aliphatic carbocycles. The van der Waals surface area contributed by atoms with Crippen molar-refractivity contribution < 1.29 is 17.9 Å². The van der Waals surface area contributed by atoms with Crippen LogP contribution >= 0.6 is 0 Å². The van der Waals surface area contributed by atoms with Crippen LogP contribution in [0.1, 0.15) is 19.8 Å². The average Bonchev–Trinajstić information content (AvgIpc) is 2.76. The molecule has 1 unspecified atom stereocenters. The normalized spacial score (nSPS) is 12.6. The van der Waals surface area contributed by atoms with Crippen molar-refractivity contribution in [1.82, 2.24) is 14.3 Å². The number of nitrogens with one attached hydrogen (secondary N) is 2. The standard InChI is InChI=1S/C22H26N4O5S/c1-16(14-31-2)25-32(29,30)18-11-9-17(10-12-18)24-21(27)8-5-13-26-15-23-20-7-4-3-6-19(20)22(26)28/h3-4,6-7,9-12,15-16,25H,5,8,13-14H2,1-2H3,(H,24,27). The van der Waals surface area contributed by atoms with Gasteiger partial charge in [-0.1, -0.05) is 12.1 Å². The molecule has 0 radical (unpaired) electrons. The highest BCUT2D eigenvalue weighted by molar-refractivity contribution is 7.89. The van der Waals surface area contributed by atoms with Gasteiger partial charge in [0.1, 0.15) is 0 Å². The lowest BCUT2D eigenvalue weighted by Gasteiger charge is -2.13. The van der Waals surface area contributed by atoms with Crippen LogP contribution in [0.25, 0.3) is 10.9 Å². The third kappa shape index (κ3) is 6.00. The van der Waals surface area contributed by atoms with Crippen LogP contribution in [-0.2, 0) is 26.1 Å². The molecule has 0 saturated heterocycles. The van der Waals surface area contributed by atoms with Gasteiger partial charge < -0.3 is 10.1 Å². The smallest absolute Gasteiger partial charge is 0.261 e. The van der Waals surface area contributed by atoms with Gasteiger partial charge in [-0.2, -0.15) is 0 Å². The van der Waals surface area contributed by atoms with E-state index in [1.54, 1.807) is 25.1 Å². The Morgan fingerprint density at radius 1 is 1.16 bits per heavy atom. The number of carbonyl (C=O) groups is 1. The molecule has 32 heavy (non-hydrogen) atoms. The molecule has 1 amide bonds. The van der Waals surface area contributed by atoms with Gasteiger partial charge in [-0.3, -0.25) is 14.2 Å². The molecule has 2 N–H and O–H groups in total. The molecule has 10 heteroatoms. The van der Waals surface area contributed by atoms with E-state index in [2.05, 4.69) is 15.0 Å². The number of anilines is 1. The van der Waals surface area contributed by atoms with E-state index in [0.29, 0.717) is 29.6 Å². The van der Waals surface area contributed by atoms with Crippen LogP contribution in [0.5, 0.6) is 0 Å². The number of amides is 1. The van der Waals surface area contributed by atoms with Crippen molar-refractivity contribution in [2.45, 2.75) is 37.2 Å². The quantitative estimate of drug-likeness (QED) is 0.480. The van der Waals surface area contributed by atoms with Crippen LogP contribution in [0.4, 0.5) is 5.69 Å². The highest BCUT2D eigenvalue weighted by Crippen LogP contribution is 2.15. The molecule has 3 rings (SSSR count). The van der Waals surface area contributed by atoms with E-state index in [0.717, 1.165) is 0 Å². The summed E-state index contributed by atoms with van der Waals surface area (Å²) in [4.78, 5) is 29.1. The number of sulfonamides is 1. The van der Waals surface area contributed by atoms with Crippen molar-refractivity contribution in [2.75, 3.05) is 19.0 Å². The van der Waals surface area contributed by atoms with Crippen LogP contribution < -0.4 is 15.6 Å². The lowest BCUT2D eigenvalue weighted by molar-refractivity contribution is -0.116. The first-order valence-corrected chi connectivity index (χ1v) is 11.6. The third-order valence-corrected chi connectivity index (χ3v) is 6.36. The molecule has 2 aromatic carbocycles. The molecular weight excluding hydrogens is 432 g/mol. The fourth-order valence-electron chi connectivity index (χ4n) is 3.23. The Labute approximate surface area is 186 Å². The zero-order chi connectivity index (χ0) is 23.1. The first-order valence-electron chi connectivity index (χ1n) is 10.2. The third-order valence-electron chi connectivity index (χ3n) is 4.76. The number of fused-ring (bicyclic) bond motifs is 1. The van der Waals surface area contributed by atoms with Crippen LogP contribution in [0.3, 0.4) is 0 Å². The monoisotopic (exact) mass is 458 g/mol. The zero-order valence-corrected chi connectivity index (χ0v) is 18.8. The SMILES string of the molecule is COCC(C)NS(=O)(=O)c1ccc(NC(=O)CCCn2cnc3ccccc3c2=O)cc1. The Kier molecular flexibility index (Phi) is 7.73. The van der Waals surface area contributed by atoms with Gasteiger partial charge in [-0.25, -0.2) is 18.1 Å². The number of carbonyl (C=O) groups excluding carboxylic acids is 1. The minimum absolute atomic E-state index is 0.0987. The highest BCUT2D eigenvalue weighted by Gasteiger charge is 2.17. The highest BCUT2D eigenvalue weighted by atomic mass is 32.2. The van der Waals surface area contributed by atoms with Gasteiger partial charge in [0.25, 0.3) is 5.56 Å². The van der Waals surface area contributed by atoms with Gasteiger partial charge in [0.15, 0.2) is 0 Å². The molecule has 0 aliphatic heterocycles. The molecule has 0 fully saturated rings. The van der Waals surface area contributed by atoms with Crippen LogP contribution in [0, 0.1) is 0 Å². The molecule has 170 valence electrons. The summed E-state index contributed by atoms with van der Waals surface area (Å²) in [6.07, 6.45) is 2.15. The van der Waals surface area contributed by atoms with Gasteiger partial charge in [0.05, 0.1) is 28.7 Å². The number of aryl methyl sites for hydroxylation is 1. The number of benzene rings is 2. The van der Waals surface area contributed by atoms with Crippen molar-refractivity contribution >= 4 is 32.5 Å². The molecule has 1 heterocycles. The predicted octanol–water partition coefficient (Wildman–Crippen LogP) is 2.13. The van der Waals surface area contributed by atoms with Crippen molar-refractivity contribution in [3.8, 4) is 0 Å². The Bertz CT molecular complexity index is 1240. The van der Waals surface area contributed by atoms with E-state index < -0.39 is 10.0 Å². The molecule has 0 aliphatic rings. The summed E-state index contributed by atoms with van der Waals surface area (Å²) in [6.45, 7) is 2.33. The Hall–Kier alpha value is -3.08. The lowest BCUT2D eigenvalue weighted by Crippen LogP contribution is -2.35. The number of ether oxygens (including phenoxy) is 1. The largest absolute Gasteiger partial charge is 0.383 e. The van der Waals surface area contributed by atoms with E-state index in [-0.39, 0.29) is 35.4 Å². The summed E-state index contributed by atoms with van der Waals surface area (Å²) in [5.41, 5.74) is 0.991. The van der Waals surface area contributed by atoms with Crippen LogP contribution in [0.2, 0.25) is 0 Å². The van der Waals surface area contributed by atoms with Gasteiger partial charge in [0.2, 0.25) is 15.9 Å². The second kappa shape index (κ2) is 10.5.